The lowest BCUT2D eigenvalue weighted by Gasteiger charge is -2.26. The first kappa shape index (κ1) is 14.8. The second kappa shape index (κ2) is 6.42. The van der Waals surface area contributed by atoms with Crippen LogP contribution in [0.1, 0.15) is 24.8 Å². The van der Waals surface area contributed by atoms with E-state index < -0.39 is 0 Å². The number of piperidine rings is 1. The van der Waals surface area contributed by atoms with Crippen LogP contribution in [0.25, 0.3) is 16.8 Å². The summed E-state index contributed by atoms with van der Waals surface area (Å²) in [6, 6.07) is 8.82. The number of likely N-dealkylation sites (tertiary alicyclic amines) is 1. The number of fused-ring (bicyclic) bond motifs is 1. The van der Waals surface area contributed by atoms with Gasteiger partial charge >= 0.3 is 0 Å². The summed E-state index contributed by atoms with van der Waals surface area (Å²) in [6.45, 7) is 3.52. The zero-order valence-corrected chi connectivity index (χ0v) is 14.5. The van der Waals surface area contributed by atoms with E-state index >= 15 is 0 Å². The summed E-state index contributed by atoms with van der Waals surface area (Å²) in [5.41, 5.74) is 4.48. The smallest absolute Gasteiger partial charge is 0.169 e. The normalized spacial score (nSPS) is 16.0. The lowest BCUT2D eigenvalue weighted by molar-refractivity contribution is 0.221. The average molecular weight is 371 g/mol. The molecule has 1 aliphatic rings. The van der Waals surface area contributed by atoms with E-state index in [0.717, 1.165) is 22.2 Å². The van der Waals surface area contributed by atoms with Gasteiger partial charge in [-0.1, -0.05) is 30.7 Å². The Hall–Kier alpha value is -1.72. The average Bonchev–Trinajstić information content (AvgIpc) is 2.97. The van der Waals surface area contributed by atoms with Gasteiger partial charge in [-0.25, -0.2) is 9.50 Å². The summed E-state index contributed by atoms with van der Waals surface area (Å²) in [7, 11) is 0. The number of hydrogen-bond acceptors (Lipinski definition) is 3. The van der Waals surface area contributed by atoms with Crippen molar-refractivity contribution in [1.82, 2.24) is 19.5 Å². The van der Waals surface area contributed by atoms with Gasteiger partial charge < -0.3 is 0 Å². The van der Waals surface area contributed by atoms with E-state index in [0.29, 0.717) is 0 Å². The molecule has 1 aromatic carbocycles. The monoisotopic (exact) mass is 370 g/mol. The van der Waals surface area contributed by atoms with Gasteiger partial charge in [0.15, 0.2) is 5.65 Å². The lowest BCUT2D eigenvalue weighted by Crippen LogP contribution is -2.28. The highest BCUT2D eigenvalue weighted by Gasteiger charge is 2.10. The van der Waals surface area contributed by atoms with Crippen molar-refractivity contribution in [1.29, 1.82) is 0 Å². The number of nitrogens with zero attached hydrogens (tertiary/aromatic N) is 4. The number of rotatable bonds is 3. The third-order valence-corrected chi connectivity index (χ3v) is 5.01. The minimum atomic E-state index is 0.843. The molecule has 2 aromatic heterocycles. The summed E-state index contributed by atoms with van der Waals surface area (Å²) in [5.74, 6) is 0. The molecule has 0 spiro atoms. The molecule has 0 saturated carbocycles. The third kappa shape index (κ3) is 3.16. The minimum absolute atomic E-state index is 0.843. The van der Waals surface area contributed by atoms with Crippen molar-refractivity contribution in [3.05, 3.63) is 52.9 Å². The van der Waals surface area contributed by atoms with Gasteiger partial charge in [-0.2, -0.15) is 5.10 Å². The predicted octanol–water partition coefficient (Wildman–Crippen LogP) is 4.14. The fourth-order valence-electron chi connectivity index (χ4n) is 3.17. The standard InChI is InChI=1S/C18H19BrN4/c19-17-11-21-23-13-16(10-20-18(17)23)15-6-4-14(5-7-15)12-22-8-2-1-3-9-22/h4-7,10-11,13H,1-3,8-9,12H2. The first-order chi connectivity index (χ1) is 11.3. The molecule has 5 heteroatoms. The Balaban J connectivity index is 1.54. The molecule has 23 heavy (non-hydrogen) atoms. The van der Waals surface area contributed by atoms with Crippen molar-refractivity contribution in [3.63, 3.8) is 0 Å². The Labute approximate surface area is 144 Å². The summed E-state index contributed by atoms with van der Waals surface area (Å²) in [6.07, 6.45) is 9.75. The maximum Gasteiger partial charge on any atom is 0.169 e. The van der Waals surface area contributed by atoms with Crippen molar-refractivity contribution in [2.75, 3.05) is 13.1 Å². The zero-order chi connectivity index (χ0) is 15.6. The van der Waals surface area contributed by atoms with Crippen molar-refractivity contribution >= 4 is 21.6 Å². The third-order valence-electron chi connectivity index (χ3n) is 4.46. The number of halogens is 1. The molecule has 3 aromatic rings. The SMILES string of the molecule is Brc1cnn2cc(-c3ccc(CN4CCCCC4)cc3)cnc12. The maximum absolute atomic E-state index is 4.48. The fraction of sp³-hybridized carbons (Fsp3) is 0.333. The molecule has 1 saturated heterocycles. The van der Waals surface area contributed by atoms with Gasteiger partial charge in [-0.05, 0) is 53.0 Å². The molecule has 0 aliphatic carbocycles. The minimum Gasteiger partial charge on any atom is -0.299 e. The van der Waals surface area contributed by atoms with Crippen LogP contribution in [0.15, 0.2) is 47.3 Å². The molecular formula is C18H19BrN4. The second-order valence-electron chi connectivity index (χ2n) is 6.14. The van der Waals surface area contributed by atoms with Crippen molar-refractivity contribution in [2.45, 2.75) is 25.8 Å². The van der Waals surface area contributed by atoms with Crippen LogP contribution in [-0.4, -0.2) is 32.6 Å². The van der Waals surface area contributed by atoms with Crippen molar-refractivity contribution in [3.8, 4) is 11.1 Å². The van der Waals surface area contributed by atoms with Gasteiger partial charge in [0.1, 0.15) is 0 Å². The topological polar surface area (TPSA) is 33.4 Å². The maximum atomic E-state index is 4.48. The molecule has 118 valence electrons. The van der Waals surface area contributed by atoms with Crippen LogP contribution in [0.4, 0.5) is 0 Å². The van der Waals surface area contributed by atoms with E-state index in [4.69, 9.17) is 0 Å². The summed E-state index contributed by atoms with van der Waals surface area (Å²) >= 11 is 3.45. The predicted molar refractivity (Wildman–Crippen MR) is 95.3 cm³/mol. The lowest BCUT2D eigenvalue weighted by atomic mass is 10.1. The van der Waals surface area contributed by atoms with Crippen LogP contribution in [0.5, 0.6) is 0 Å². The Bertz CT molecular complexity index is 804. The van der Waals surface area contributed by atoms with Crippen LogP contribution in [0, 0.1) is 0 Å². The second-order valence-corrected chi connectivity index (χ2v) is 6.99. The van der Waals surface area contributed by atoms with E-state index in [9.17, 15) is 0 Å². The molecule has 0 N–H and O–H groups in total. The van der Waals surface area contributed by atoms with Crippen LogP contribution >= 0.6 is 15.9 Å². The van der Waals surface area contributed by atoms with Crippen molar-refractivity contribution < 1.29 is 0 Å². The molecule has 1 fully saturated rings. The Morgan fingerprint density at radius 3 is 2.52 bits per heavy atom. The molecule has 0 atom stereocenters. The zero-order valence-electron chi connectivity index (χ0n) is 13.0. The Morgan fingerprint density at radius 2 is 1.74 bits per heavy atom. The van der Waals surface area contributed by atoms with E-state index in [-0.39, 0.29) is 0 Å². The highest BCUT2D eigenvalue weighted by atomic mass is 79.9. The quantitative estimate of drug-likeness (QED) is 0.694. The molecule has 0 unspecified atom stereocenters. The van der Waals surface area contributed by atoms with E-state index in [1.54, 1.807) is 10.7 Å². The van der Waals surface area contributed by atoms with E-state index in [1.165, 1.54) is 43.5 Å². The van der Waals surface area contributed by atoms with Crippen LogP contribution in [-0.2, 0) is 6.54 Å². The first-order valence-corrected chi connectivity index (χ1v) is 8.89. The van der Waals surface area contributed by atoms with Gasteiger partial charge in [0, 0.05) is 24.5 Å². The number of benzene rings is 1. The fourth-order valence-corrected chi connectivity index (χ4v) is 3.55. The van der Waals surface area contributed by atoms with Gasteiger partial charge in [0.2, 0.25) is 0 Å². The van der Waals surface area contributed by atoms with Gasteiger partial charge in [-0.3, -0.25) is 4.90 Å². The first-order valence-electron chi connectivity index (χ1n) is 8.10. The van der Waals surface area contributed by atoms with Gasteiger partial charge in [-0.15, -0.1) is 0 Å². The van der Waals surface area contributed by atoms with Gasteiger partial charge in [0.25, 0.3) is 0 Å². The molecular weight excluding hydrogens is 352 g/mol. The van der Waals surface area contributed by atoms with Crippen molar-refractivity contribution in [2.24, 2.45) is 0 Å². The van der Waals surface area contributed by atoms with E-state index in [1.807, 2.05) is 12.4 Å². The molecule has 0 amide bonds. The number of hydrogen-bond donors (Lipinski definition) is 0. The molecule has 1 aliphatic heterocycles. The molecule has 0 bridgehead atoms. The highest BCUT2D eigenvalue weighted by molar-refractivity contribution is 9.10. The van der Waals surface area contributed by atoms with Crippen LogP contribution < -0.4 is 0 Å². The summed E-state index contributed by atoms with van der Waals surface area (Å²) in [5, 5.41) is 4.30. The molecule has 0 radical (unpaired) electrons. The molecule has 3 heterocycles. The highest BCUT2D eigenvalue weighted by Crippen LogP contribution is 2.22. The number of aromatic nitrogens is 3. The Morgan fingerprint density at radius 1 is 0.957 bits per heavy atom. The largest absolute Gasteiger partial charge is 0.299 e. The summed E-state index contributed by atoms with van der Waals surface area (Å²) in [4.78, 5) is 7.03. The van der Waals surface area contributed by atoms with Crippen LogP contribution in [0.3, 0.4) is 0 Å². The Kier molecular flexibility index (Phi) is 4.14. The summed E-state index contributed by atoms with van der Waals surface area (Å²) < 4.78 is 2.72. The van der Waals surface area contributed by atoms with Crippen LogP contribution in [0.2, 0.25) is 0 Å². The van der Waals surface area contributed by atoms with Gasteiger partial charge in [0.05, 0.1) is 10.7 Å². The molecule has 4 nitrogen and oxygen atoms in total. The molecule has 4 rings (SSSR count). The van der Waals surface area contributed by atoms with E-state index in [2.05, 4.69) is 55.2 Å².